The van der Waals surface area contributed by atoms with Crippen molar-refractivity contribution in [3.8, 4) is 5.69 Å². The highest BCUT2D eigenvalue weighted by Crippen LogP contribution is 2.40. The maximum absolute atomic E-state index is 12.4. The number of hydrogen-bond acceptors (Lipinski definition) is 5. The fourth-order valence-electron chi connectivity index (χ4n) is 3.03. The maximum atomic E-state index is 12.4. The van der Waals surface area contributed by atoms with Gasteiger partial charge in [0.1, 0.15) is 11.6 Å². The van der Waals surface area contributed by atoms with Gasteiger partial charge in [-0.1, -0.05) is 11.6 Å². The van der Waals surface area contributed by atoms with E-state index < -0.39 is 23.2 Å². The molecule has 10 heteroatoms. The summed E-state index contributed by atoms with van der Waals surface area (Å²) < 4.78 is 3.30. The van der Waals surface area contributed by atoms with Gasteiger partial charge in [0.15, 0.2) is 0 Å². The lowest BCUT2D eigenvalue weighted by atomic mass is 9.96. The Balaban J connectivity index is 1.54. The fraction of sp³-hybridized carbons (Fsp3) is 0.158. The molecule has 2 N–H and O–H groups in total. The van der Waals surface area contributed by atoms with Crippen LogP contribution in [0, 0.1) is 5.92 Å². The zero-order chi connectivity index (χ0) is 20.5. The number of nitrogens with one attached hydrogen (secondary N) is 1. The van der Waals surface area contributed by atoms with Gasteiger partial charge in [-0.25, -0.2) is 9.67 Å². The Morgan fingerprint density at radius 1 is 1.24 bits per heavy atom. The van der Waals surface area contributed by atoms with Gasteiger partial charge in [-0.3, -0.25) is 9.59 Å². The molecule has 0 aliphatic carbocycles. The van der Waals surface area contributed by atoms with Gasteiger partial charge in [-0.05, 0) is 35.2 Å². The van der Waals surface area contributed by atoms with Crippen LogP contribution in [0.5, 0.6) is 0 Å². The summed E-state index contributed by atoms with van der Waals surface area (Å²) in [5, 5.41) is 18.6. The van der Waals surface area contributed by atoms with Gasteiger partial charge in [-0.2, -0.15) is 5.10 Å². The van der Waals surface area contributed by atoms with E-state index in [2.05, 4.69) is 15.4 Å². The minimum absolute atomic E-state index is 0.237. The van der Waals surface area contributed by atoms with Crippen molar-refractivity contribution < 1.29 is 14.7 Å². The van der Waals surface area contributed by atoms with Gasteiger partial charge in [-0.15, -0.1) is 11.8 Å². The molecule has 3 heterocycles. The van der Waals surface area contributed by atoms with Crippen LogP contribution in [0.25, 0.3) is 11.3 Å². The topological polar surface area (TPSA) is 102 Å². The van der Waals surface area contributed by atoms with Crippen molar-refractivity contribution in [2.45, 2.75) is 5.37 Å². The summed E-state index contributed by atoms with van der Waals surface area (Å²) in [6.45, 7) is 0. The van der Waals surface area contributed by atoms with Crippen LogP contribution in [0.3, 0.4) is 0 Å². The molecule has 148 valence electrons. The summed E-state index contributed by atoms with van der Waals surface area (Å²) in [6, 6.07) is 7.15. The van der Waals surface area contributed by atoms with Gasteiger partial charge in [0, 0.05) is 30.0 Å². The molecule has 0 spiro atoms. The number of halogens is 1. The van der Waals surface area contributed by atoms with Crippen molar-refractivity contribution in [2.75, 3.05) is 0 Å². The molecule has 4 rings (SSSR count). The number of aliphatic carboxylic acids is 1. The van der Waals surface area contributed by atoms with Crippen molar-refractivity contribution in [1.82, 2.24) is 24.6 Å². The van der Waals surface area contributed by atoms with E-state index in [0.717, 1.165) is 5.69 Å². The van der Waals surface area contributed by atoms with Gasteiger partial charge in [0.25, 0.3) is 5.91 Å². The SMILES string of the molecule is Cn1cnc(C(=O)NC2SC=C(c3cnn(-c4ccc(Cl)cc4)c3)C2C(=O)O)c1. The van der Waals surface area contributed by atoms with E-state index in [9.17, 15) is 14.7 Å². The highest BCUT2D eigenvalue weighted by atomic mass is 35.5. The Morgan fingerprint density at radius 2 is 2.00 bits per heavy atom. The molecule has 1 aliphatic rings. The lowest BCUT2D eigenvalue weighted by Crippen LogP contribution is -2.39. The number of aromatic nitrogens is 4. The number of hydrogen-bond donors (Lipinski definition) is 2. The van der Waals surface area contributed by atoms with E-state index in [1.807, 2.05) is 12.1 Å². The molecular formula is C19H16ClN5O3S. The number of nitrogens with zero attached hydrogens (tertiary/aromatic N) is 4. The normalized spacial score (nSPS) is 18.5. The molecule has 29 heavy (non-hydrogen) atoms. The molecule has 2 aromatic heterocycles. The Hall–Kier alpha value is -3.04. The molecule has 2 unspecified atom stereocenters. The number of carboxylic acid groups (broad SMARTS) is 1. The molecule has 1 aromatic carbocycles. The second-order valence-electron chi connectivity index (χ2n) is 6.49. The van der Waals surface area contributed by atoms with E-state index in [-0.39, 0.29) is 5.69 Å². The summed E-state index contributed by atoms with van der Waals surface area (Å²) >= 11 is 7.17. The molecule has 0 saturated heterocycles. The van der Waals surface area contributed by atoms with Gasteiger partial charge >= 0.3 is 5.97 Å². The van der Waals surface area contributed by atoms with Crippen LogP contribution in [-0.4, -0.2) is 41.7 Å². The second kappa shape index (κ2) is 7.76. The van der Waals surface area contributed by atoms with Crippen LogP contribution < -0.4 is 5.32 Å². The van der Waals surface area contributed by atoms with Crippen LogP contribution in [-0.2, 0) is 11.8 Å². The molecule has 8 nitrogen and oxygen atoms in total. The zero-order valence-corrected chi connectivity index (χ0v) is 16.8. The Bertz CT molecular complexity index is 1110. The third kappa shape index (κ3) is 3.92. The number of imidazole rings is 1. The van der Waals surface area contributed by atoms with Gasteiger partial charge in [0.2, 0.25) is 0 Å². The molecule has 0 bridgehead atoms. The molecule has 0 radical (unpaired) electrons. The van der Waals surface area contributed by atoms with Gasteiger partial charge in [0.05, 0.1) is 23.6 Å². The minimum atomic E-state index is -1.02. The second-order valence-corrected chi connectivity index (χ2v) is 7.95. The van der Waals surface area contributed by atoms with Crippen LogP contribution >= 0.6 is 23.4 Å². The van der Waals surface area contributed by atoms with Crippen molar-refractivity contribution in [3.05, 3.63) is 70.9 Å². The van der Waals surface area contributed by atoms with Crippen molar-refractivity contribution >= 4 is 40.8 Å². The highest BCUT2D eigenvalue weighted by Gasteiger charge is 2.38. The summed E-state index contributed by atoms with van der Waals surface area (Å²) in [6.07, 6.45) is 6.46. The fourth-order valence-corrected chi connectivity index (χ4v) is 4.33. The third-order valence-corrected chi connectivity index (χ3v) is 5.79. The van der Waals surface area contributed by atoms with E-state index in [1.54, 1.807) is 52.4 Å². The average Bonchev–Trinajstić information content (AvgIpc) is 3.41. The lowest BCUT2D eigenvalue weighted by Gasteiger charge is -2.18. The summed E-state index contributed by atoms with van der Waals surface area (Å²) in [4.78, 5) is 28.4. The molecule has 1 aliphatic heterocycles. The molecule has 1 amide bonds. The van der Waals surface area contributed by atoms with Crippen LogP contribution in [0.15, 0.2) is 54.6 Å². The predicted molar refractivity (Wildman–Crippen MR) is 110 cm³/mol. The Kier molecular flexibility index (Phi) is 5.16. The van der Waals surface area contributed by atoms with Crippen molar-refractivity contribution in [1.29, 1.82) is 0 Å². The van der Waals surface area contributed by atoms with Crippen LogP contribution in [0.1, 0.15) is 16.1 Å². The lowest BCUT2D eigenvalue weighted by molar-refractivity contribution is -0.139. The quantitative estimate of drug-likeness (QED) is 0.646. The van der Waals surface area contributed by atoms with E-state index in [0.29, 0.717) is 16.2 Å². The predicted octanol–water partition coefficient (Wildman–Crippen LogP) is 2.80. The first-order valence-corrected chi connectivity index (χ1v) is 9.92. The maximum Gasteiger partial charge on any atom is 0.314 e. The first kappa shape index (κ1) is 19.3. The monoisotopic (exact) mass is 429 g/mol. The summed E-state index contributed by atoms with van der Waals surface area (Å²) in [5.41, 5.74) is 2.31. The number of rotatable bonds is 5. The van der Waals surface area contributed by atoms with E-state index in [1.165, 1.54) is 18.1 Å². The van der Waals surface area contributed by atoms with Crippen LogP contribution in [0.4, 0.5) is 0 Å². The van der Waals surface area contributed by atoms with E-state index >= 15 is 0 Å². The van der Waals surface area contributed by atoms with Crippen molar-refractivity contribution in [3.63, 3.8) is 0 Å². The zero-order valence-electron chi connectivity index (χ0n) is 15.2. The Labute approximate surface area is 175 Å². The minimum Gasteiger partial charge on any atom is -0.481 e. The van der Waals surface area contributed by atoms with Crippen LogP contribution in [0.2, 0.25) is 5.02 Å². The molecular weight excluding hydrogens is 414 g/mol. The third-order valence-electron chi connectivity index (χ3n) is 4.46. The number of amides is 1. The molecule has 2 atom stereocenters. The first-order chi connectivity index (χ1) is 13.9. The number of carbonyl (C=O) groups is 2. The van der Waals surface area contributed by atoms with Gasteiger partial charge < -0.3 is 15.0 Å². The number of carbonyl (C=O) groups excluding carboxylic acids is 1. The first-order valence-electron chi connectivity index (χ1n) is 8.60. The summed E-state index contributed by atoms with van der Waals surface area (Å²) in [5.74, 6) is -2.34. The Morgan fingerprint density at radius 3 is 2.66 bits per heavy atom. The summed E-state index contributed by atoms with van der Waals surface area (Å²) in [7, 11) is 1.76. The average molecular weight is 430 g/mol. The standard InChI is InChI=1S/C19H16ClN5O3S/c1-24-8-15(21-10-24)17(26)23-18-16(19(27)28)14(9-29-18)11-6-22-25(7-11)13-4-2-12(20)3-5-13/h2-10,16,18H,1H3,(H,23,26)(H,27,28). The van der Waals surface area contributed by atoms with E-state index in [4.69, 9.17) is 11.6 Å². The number of thioether (sulfide) groups is 1. The number of aryl methyl sites for hydroxylation is 1. The number of benzene rings is 1. The molecule has 0 fully saturated rings. The molecule has 3 aromatic rings. The van der Waals surface area contributed by atoms with Crippen molar-refractivity contribution in [2.24, 2.45) is 13.0 Å². The molecule has 0 saturated carbocycles. The smallest absolute Gasteiger partial charge is 0.314 e. The highest BCUT2D eigenvalue weighted by molar-refractivity contribution is 8.03. The number of carboxylic acids is 1. The largest absolute Gasteiger partial charge is 0.481 e.